The zero-order valence-corrected chi connectivity index (χ0v) is 12.9. The summed E-state index contributed by atoms with van der Waals surface area (Å²) >= 11 is 12.9. The molecule has 0 bridgehead atoms. The Bertz CT molecular complexity index is 615. The highest BCUT2D eigenvalue weighted by Crippen LogP contribution is 2.27. The Morgan fingerprint density at radius 3 is 2.80 bits per heavy atom. The molecule has 0 aliphatic heterocycles. The lowest BCUT2D eigenvalue weighted by Gasteiger charge is -2.08. The normalized spacial score (nSPS) is 10.3. The molecule has 0 amide bonds. The van der Waals surface area contributed by atoms with E-state index in [1.54, 1.807) is 30.5 Å². The zero-order chi connectivity index (χ0) is 14.5. The summed E-state index contributed by atoms with van der Waals surface area (Å²) in [5.74, 6) is 0.0996. The minimum absolute atomic E-state index is 0.132. The highest BCUT2D eigenvalue weighted by atomic mass is 35.5. The first-order valence-electron chi connectivity index (χ1n) is 5.74. The first-order valence-corrected chi connectivity index (χ1v) is 7.33. The maximum Gasteiger partial charge on any atom is 0.341 e. The Morgan fingerprint density at radius 2 is 2.15 bits per heavy atom. The highest BCUT2D eigenvalue weighted by Gasteiger charge is 2.12. The fourth-order valence-corrected chi connectivity index (χ4v) is 2.59. The van der Waals surface area contributed by atoms with Crippen LogP contribution >= 0.6 is 34.7 Å². The molecule has 0 spiro atoms. The van der Waals surface area contributed by atoms with E-state index >= 15 is 0 Å². The van der Waals surface area contributed by atoms with Gasteiger partial charge in [-0.15, -0.1) is 0 Å². The molecule has 2 aromatic rings. The number of ether oxygens (including phenoxy) is 2. The van der Waals surface area contributed by atoms with Crippen LogP contribution in [0.15, 0.2) is 23.6 Å². The Kier molecular flexibility index (Phi) is 5.23. The number of halogens is 2. The van der Waals surface area contributed by atoms with Crippen LogP contribution in [0.3, 0.4) is 0 Å². The van der Waals surface area contributed by atoms with Crippen LogP contribution in [0.2, 0.25) is 10.0 Å². The Morgan fingerprint density at radius 1 is 1.35 bits per heavy atom. The van der Waals surface area contributed by atoms with Gasteiger partial charge in [0.2, 0.25) is 0 Å². The summed E-state index contributed by atoms with van der Waals surface area (Å²) in [5.41, 5.74) is 1.15. The highest BCUT2D eigenvalue weighted by molar-refractivity contribution is 7.03. The number of hydrogen-bond donors (Lipinski definition) is 0. The van der Waals surface area contributed by atoms with Crippen molar-refractivity contribution >= 4 is 40.7 Å². The van der Waals surface area contributed by atoms with Gasteiger partial charge < -0.3 is 9.47 Å². The summed E-state index contributed by atoms with van der Waals surface area (Å²) < 4.78 is 14.5. The second-order valence-electron chi connectivity index (χ2n) is 3.87. The summed E-state index contributed by atoms with van der Waals surface area (Å²) in [6.45, 7) is 2.11. The molecule has 7 heteroatoms. The van der Waals surface area contributed by atoms with E-state index in [0.717, 1.165) is 0 Å². The molecular weight excluding hydrogens is 321 g/mol. The smallest absolute Gasteiger partial charge is 0.341 e. The van der Waals surface area contributed by atoms with Crippen LogP contribution in [0.4, 0.5) is 0 Å². The van der Waals surface area contributed by atoms with Crippen LogP contribution in [0.1, 0.15) is 16.1 Å². The largest absolute Gasteiger partial charge is 0.488 e. The summed E-state index contributed by atoms with van der Waals surface area (Å²) in [6.07, 6.45) is 0. The van der Waals surface area contributed by atoms with Crippen LogP contribution in [0, 0.1) is 6.92 Å². The van der Waals surface area contributed by atoms with Gasteiger partial charge >= 0.3 is 5.97 Å². The maximum atomic E-state index is 11.7. The standard InChI is InChI=1S/C13H11Cl2NO3S/c1-8-10(7-20-16-8)13(17)19-5-4-18-12-3-2-9(14)6-11(12)15/h2-3,6-7H,4-5H2,1H3. The van der Waals surface area contributed by atoms with E-state index in [4.69, 9.17) is 32.7 Å². The van der Waals surface area contributed by atoms with Gasteiger partial charge in [-0.3, -0.25) is 0 Å². The van der Waals surface area contributed by atoms with Crippen LogP contribution in [-0.2, 0) is 4.74 Å². The molecule has 2 rings (SSSR count). The number of rotatable bonds is 5. The van der Waals surface area contributed by atoms with Crippen molar-refractivity contribution in [1.82, 2.24) is 4.37 Å². The molecule has 0 saturated carbocycles. The molecule has 0 N–H and O–H groups in total. The number of hydrogen-bond acceptors (Lipinski definition) is 5. The van der Waals surface area contributed by atoms with Crippen molar-refractivity contribution in [3.63, 3.8) is 0 Å². The van der Waals surface area contributed by atoms with Crippen molar-refractivity contribution < 1.29 is 14.3 Å². The molecule has 20 heavy (non-hydrogen) atoms. The molecule has 0 saturated heterocycles. The Balaban J connectivity index is 1.79. The van der Waals surface area contributed by atoms with Crippen molar-refractivity contribution in [3.05, 3.63) is 44.9 Å². The Hall–Kier alpha value is -1.30. The van der Waals surface area contributed by atoms with Gasteiger partial charge in [-0.05, 0) is 36.7 Å². The average Bonchev–Trinajstić information content (AvgIpc) is 2.83. The fraction of sp³-hybridized carbons (Fsp3) is 0.231. The van der Waals surface area contributed by atoms with Gasteiger partial charge in [0.15, 0.2) is 0 Å². The van der Waals surface area contributed by atoms with Gasteiger partial charge in [0.25, 0.3) is 0 Å². The van der Waals surface area contributed by atoms with E-state index in [1.807, 2.05) is 0 Å². The molecule has 106 valence electrons. The molecule has 0 unspecified atom stereocenters. The second kappa shape index (κ2) is 6.92. The number of carbonyl (C=O) groups is 1. The average molecular weight is 332 g/mol. The molecule has 1 aromatic heterocycles. The topological polar surface area (TPSA) is 48.4 Å². The number of benzene rings is 1. The molecular formula is C13H11Cl2NO3S. The zero-order valence-electron chi connectivity index (χ0n) is 10.6. The van der Waals surface area contributed by atoms with E-state index in [1.165, 1.54) is 11.5 Å². The fourth-order valence-electron chi connectivity index (χ4n) is 1.44. The number of esters is 1. The summed E-state index contributed by atoms with van der Waals surface area (Å²) in [5, 5.41) is 2.62. The molecule has 4 nitrogen and oxygen atoms in total. The number of carbonyl (C=O) groups excluding carboxylic acids is 1. The monoisotopic (exact) mass is 331 g/mol. The number of aromatic nitrogens is 1. The van der Waals surface area contributed by atoms with E-state index in [2.05, 4.69) is 4.37 Å². The minimum atomic E-state index is -0.401. The lowest BCUT2D eigenvalue weighted by molar-refractivity contribution is 0.0450. The first-order chi connectivity index (χ1) is 9.58. The maximum absolute atomic E-state index is 11.7. The molecule has 0 atom stereocenters. The second-order valence-corrected chi connectivity index (χ2v) is 5.35. The van der Waals surface area contributed by atoms with Crippen LogP contribution in [-0.4, -0.2) is 23.6 Å². The minimum Gasteiger partial charge on any atom is -0.488 e. The van der Waals surface area contributed by atoms with Gasteiger partial charge in [0, 0.05) is 10.4 Å². The van der Waals surface area contributed by atoms with Gasteiger partial charge in [0.1, 0.15) is 19.0 Å². The number of nitrogens with zero attached hydrogens (tertiary/aromatic N) is 1. The van der Waals surface area contributed by atoms with Gasteiger partial charge in [0.05, 0.1) is 16.3 Å². The predicted octanol–water partition coefficient (Wildman–Crippen LogP) is 3.99. The third kappa shape index (κ3) is 3.85. The summed E-state index contributed by atoms with van der Waals surface area (Å²) in [6, 6.07) is 4.93. The molecule has 1 aromatic carbocycles. The van der Waals surface area contributed by atoms with Crippen LogP contribution < -0.4 is 4.74 Å². The van der Waals surface area contributed by atoms with E-state index < -0.39 is 5.97 Å². The Labute approximate surface area is 130 Å². The lowest BCUT2D eigenvalue weighted by atomic mass is 10.3. The van der Waals surface area contributed by atoms with E-state index in [-0.39, 0.29) is 13.2 Å². The van der Waals surface area contributed by atoms with Crippen molar-refractivity contribution in [3.8, 4) is 5.75 Å². The van der Waals surface area contributed by atoms with Crippen LogP contribution in [0.25, 0.3) is 0 Å². The molecule has 0 aliphatic rings. The molecule has 0 aliphatic carbocycles. The van der Waals surface area contributed by atoms with Crippen LogP contribution in [0.5, 0.6) is 5.75 Å². The SMILES string of the molecule is Cc1nscc1C(=O)OCCOc1ccc(Cl)cc1Cl. The van der Waals surface area contributed by atoms with Gasteiger partial charge in [-0.1, -0.05) is 23.2 Å². The van der Waals surface area contributed by atoms with Gasteiger partial charge in [-0.25, -0.2) is 4.79 Å². The molecule has 0 radical (unpaired) electrons. The quantitative estimate of drug-likeness (QED) is 0.613. The first kappa shape index (κ1) is 15.1. The van der Waals surface area contributed by atoms with Gasteiger partial charge in [-0.2, -0.15) is 4.37 Å². The molecule has 1 heterocycles. The van der Waals surface area contributed by atoms with Crippen molar-refractivity contribution in [2.75, 3.05) is 13.2 Å². The lowest BCUT2D eigenvalue weighted by Crippen LogP contribution is -2.12. The predicted molar refractivity (Wildman–Crippen MR) is 79.1 cm³/mol. The van der Waals surface area contributed by atoms with Crippen molar-refractivity contribution in [2.45, 2.75) is 6.92 Å². The third-order valence-corrected chi connectivity index (χ3v) is 3.69. The summed E-state index contributed by atoms with van der Waals surface area (Å²) in [4.78, 5) is 11.7. The van der Waals surface area contributed by atoms with E-state index in [9.17, 15) is 4.79 Å². The van der Waals surface area contributed by atoms with E-state index in [0.29, 0.717) is 27.1 Å². The third-order valence-electron chi connectivity index (χ3n) is 2.44. The number of aryl methyl sites for hydroxylation is 1. The summed E-state index contributed by atoms with van der Waals surface area (Å²) in [7, 11) is 0. The van der Waals surface area contributed by atoms with Crippen molar-refractivity contribution in [2.24, 2.45) is 0 Å². The molecule has 0 fully saturated rings. The van der Waals surface area contributed by atoms with Crippen molar-refractivity contribution in [1.29, 1.82) is 0 Å².